The summed E-state index contributed by atoms with van der Waals surface area (Å²) in [5, 5.41) is 0. The van der Waals surface area contributed by atoms with E-state index < -0.39 is 0 Å². The van der Waals surface area contributed by atoms with E-state index in [2.05, 4.69) is 83.1 Å². The van der Waals surface area contributed by atoms with Crippen LogP contribution in [0.4, 0.5) is 0 Å². The van der Waals surface area contributed by atoms with Crippen molar-refractivity contribution in [3.8, 4) is 0 Å². The fourth-order valence-electron chi connectivity index (χ4n) is 8.53. The van der Waals surface area contributed by atoms with Crippen molar-refractivity contribution in [3.05, 3.63) is 66.8 Å². The van der Waals surface area contributed by atoms with Crippen LogP contribution in [0.25, 0.3) is 0 Å². The molecule has 0 heterocycles. The van der Waals surface area contributed by atoms with E-state index >= 15 is 0 Å². The summed E-state index contributed by atoms with van der Waals surface area (Å²) >= 11 is 0. The van der Waals surface area contributed by atoms with Crippen LogP contribution in [0.15, 0.2) is 0 Å². The average Bonchev–Trinajstić information content (AvgIpc) is 2.88. The topological polar surface area (TPSA) is 0 Å². The predicted molar refractivity (Wildman–Crippen MR) is 186 cm³/mol. The van der Waals surface area contributed by atoms with Crippen LogP contribution >= 0.6 is 0 Å². The second-order valence-corrected chi connectivity index (χ2v) is 16.9. The van der Waals surface area contributed by atoms with Crippen molar-refractivity contribution in [1.29, 1.82) is 0 Å². The number of benzene rings is 2. The lowest BCUT2D eigenvalue weighted by atomic mass is 9.67. The molecule has 0 heteroatoms. The monoisotopic (exact) mass is 571 g/mol. The first-order chi connectivity index (χ1) is 19.8. The van der Waals surface area contributed by atoms with E-state index in [1.165, 1.54) is 77.0 Å². The highest BCUT2D eigenvalue weighted by Crippen LogP contribution is 2.45. The zero-order chi connectivity index (χ0) is 30.9. The van der Waals surface area contributed by atoms with Gasteiger partial charge in [-0.3, -0.25) is 0 Å². The summed E-state index contributed by atoms with van der Waals surface area (Å²) in [4.78, 5) is 0. The van der Waals surface area contributed by atoms with Crippen LogP contribution in [0.2, 0.25) is 0 Å². The molecule has 0 aromatic heterocycles. The number of rotatable bonds is 12. The number of hydrogen-bond acceptors (Lipinski definition) is 0. The Kier molecular flexibility index (Phi) is 11.1. The third-order valence-electron chi connectivity index (χ3n) is 9.86. The molecule has 0 N–H and O–H groups in total. The van der Waals surface area contributed by atoms with Gasteiger partial charge in [-0.1, -0.05) is 83.1 Å². The van der Waals surface area contributed by atoms with Gasteiger partial charge < -0.3 is 0 Å². The Morgan fingerprint density at radius 1 is 0.310 bits per heavy atom. The number of fused-ring (bicyclic) bond motifs is 3. The van der Waals surface area contributed by atoms with E-state index in [0.717, 1.165) is 0 Å². The van der Waals surface area contributed by atoms with Gasteiger partial charge in [-0.25, -0.2) is 0 Å². The van der Waals surface area contributed by atoms with Gasteiger partial charge in [0.15, 0.2) is 0 Å². The summed E-state index contributed by atoms with van der Waals surface area (Å²) < 4.78 is 0. The van der Waals surface area contributed by atoms with Crippen LogP contribution in [-0.4, -0.2) is 0 Å². The first-order valence-corrected chi connectivity index (χ1v) is 18.1. The molecule has 2 aromatic rings. The highest BCUT2D eigenvalue weighted by molar-refractivity contribution is 5.64. The summed E-state index contributed by atoms with van der Waals surface area (Å²) in [5.74, 6) is 4.13. The Morgan fingerprint density at radius 3 is 0.833 bits per heavy atom. The summed E-state index contributed by atoms with van der Waals surface area (Å²) in [7, 11) is 0. The van der Waals surface area contributed by atoms with E-state index in [9.17, 15) is 0 Å². The van der Waals surface area contributed by atoms with Gasteiger partial charge in [0.05, 0.1) is 0 Å². The van der Waals surface area contributed by atoms with Gasteiger partial charge in [-0.2, -0.15) is 0 Å². The first-order valence-electron chi connectivity index (χ1n) is 18.1. The van der Waals surface area contributed by atoms with E-state index in [4.69, 9.17) is 0 Å². The fraction of sp³-hybridized carbons (Fsp3) is 0.714. The molecule has 0 saturated heterocycles. The van der Waals surface area contributed by atoms with Gasteiger partial charge in [0.2, 0.25) is 0 Å². The highest BCUT2D eigenvalue weighted by atomic mass is 14.4. The Labute approximate surface area is 261 Å². The summed E-state index contributed by atoms with van der Waals surface area (Å²) in [6.07, 6.45) is 15.2. The van der Waals surface area contributed by atoms with Crippen LogP contribution in [0.5, 0.6) is 0 Å². The van der Waals surface area contributed by atoms with Crippen molar-refractivity contribution in [2.24, 2.45) is 35.5 Å². The van der Waals surface area contributed by atoms with E-state index in [1.54, 1.807) is 66.8 Å². The molecule has 0 nitrogen and oxygen atoms in total. The molecule has 0 fully saturated rings. The van der Waals surface area contributed by atoms with Crippen molar-refractivity contribution in [2.45, 2.75) is 160 Å². The van der Waals surface area contributed by atoms with Crippen molar-refractivity contribution >= 4 is 0 Å². The van der Waals surface area contributed by atoms with Crippen molar-refractivity contribution in [2.75, 3.05) is 0 Å². The second kappa shape index (κ2) is 14.0. The molecular formula is C42H66. The SMILES string of the molecule is CC(C)Cc1c2c(c(CC(C)C)c3c1Cc1c(c(CC(C)C)c(CC(C)C)c(CC(C)C)c1CC(C)C)C3)CCCC2. The molecule has 2 aliphatic carbocycles. The molecule has 4 rings (SSSR count). The first kappa shape index (κ1) is 33.3. The molecule has 2 aliphatic rings. The maximum absolute atomic E-state index is 2.45. The lowest BCUT2D eigenvalue weighted by Gasteiger charge is -2.37. The quantitative estimate of drug-likeness (QED) is 0.203. The summed E-state index contributed by atoms with van der Waals surface area (Å²) in [5.41, 5.74) is 21.3. The molecule has 0 unspecified atom stereocenters. The van der Waals surface area contributed by atoms with Crippen LogP contribution in [0.3, 0.4) is 0 Å². The zero-order valence-corrected chi connectivity index (χ0v) is 29.9. The Hall–Kier alpha value is -1.56. The molecule has 0 aliphatic heterocycles. The van der Waals surface area contributed by atoms with Crippen LogP contribution in [0, 0.1) is 35.5 Å². The fourth-order valence-corrected chi connectivity index (χ4v) is 8.53. The third kappa shape index (κ3) is 7.38. The van der Waals surface area contributed by atoms with Gasteiger partial charge in [-0.15, -0.1) is 0 Å². The summed E-state index contributed by atoms with van der Waals surface area (Å²) in [6, 6.07) is 0. The third-order valence-corrected chi connectivity index (χ3v) is 9.86. The van der Waals surface area contributed by atoms with Crippen LogP contribution < -0.4 is 0 Å². The largest absolute Gasteiger partial charge is 0.0625 e. The second-order valence-electron chi connectivity index (χ2n) is 16.9. The molecule has 42 heavy (non-hydrogen) atoms. The minimum absolute atomic E-state index is 0.680. The van der Waals surface area contributed by atoms with E-state index in [-0.39, 0.29) is 0 Å². The molecule has 0 amide bonds. The minimum Gasteiger partial charge on any atom is -0.0625 e. The molecule has 0 radical (unpaired) electrons. The highest BCUT2D eigenvalue weighted by Gasteiger charge is 2.33. The Balaban J connectivity index is 2.10. The predicted octanol–water partition coefficient (Wildman–Crippen LogP) is 11.3. The van der Waals surface area contributed by atoms with Crippen molar-refractivity contribution < 1.29 is 0 Å². The van der Waals surface area contributed by atoms with Gasteiger partial charge in [-0.05, 0) is 179 Å². The minimum atomic E-state index is 0.680. The van der Waals surface area contributed by atoms with Gasteiger partial charge in [0, 0.05) is 0 Å². The normalized spacial score (nSPS) is 15.0. The van der Waals surface area contributed by atoms with Gasteiger partial charge in [0.1, 0.15) is 0 Å². The van der Waals surface area contributed by atoms with Gasteiger partial charge in [0.25, 0.3) is 0 Å². The van der Waals surface area contributed by atoms with Crippen molar-refractivity contribution in [3.63, 3.8) is 0 Å². The molecule has 0 bridgehead atoms. The lowest BCUT2D eigenvalue weighted by molar-refractivity contribution is 0.574. The Morgan fingerprint density at radius 2 is 0.548 bits per heavy atom. The number of hydrogen-bond donors (Lipinski definition) is 0. The van der Waals surface area contributed by atoms with E-state index in [0.29, 0.717) is 35.5 Å². The molecule has 0 saturated carbocycles. The molecule has 0 spiro atoms. The average molecular weight is 571 g/mol. The lowest BCUT2D eigenvalue weighted by Crippen LogP contribution is -2.26. The maximum Gasteiger partial charge on any atom is -0.00142 e. The van der Waals surface area contributed by atoms with Crippen molar-refractivity contribution in [1.82, 2.24) is 0 Å². The smallest absolute Gasteiger partial charge is 0.00142 e. The molecule has 2 aromatic carbocycles. The zero-order valence-electron chi connectivity index (χ0n) is 29.9. The van der Waals surface area contributed by atoms with Gasteiger partial charge >= 0.3 is 0 Å². The standard InChI is InChI=1S/C42H66/c1-25(2)17-33-31-15-13-14-16-32(31)34(18-26(3)4)40-24-42-38(22-30(11)12)36(20-28(7)8)35(19-27(5)6)37(21-29(9)10)41(42)23-39(33)40/h25-30H,13-24H2,1-12H3. The molecule has 0 atom stereocenters. The van der Waals surface area contributed by atoms with Crippen LogP contribution in [-0.2, 0) is 64.2 Å². The maximum atomic E-state index is 2.45. The Bertz CT molecular complexity index is 1130. The summed E-state index contributed by atoms with van der Waals surface area (Å²) in [6.45, 7) is 29.4. The molecular weight excluding hydrogens is 504 g/mol. The molecule has 234 valence electrons. The van der Waals surface area contributed by atoms with E-state index in [1.807, 2.05) is 0 Å². The van der Waals surface area contributed by atoms with Crippen LogP contribution in [0.1, 0.15) is 163 Å².